The van der Waals surface area contributed by atoms with Gasteiger partial charge >= 0.3 is 0 Å². The second kappa shape index (κ2) is 19.0. The largest absolute Gasteiger partial charge is 0.301 e. The molecule has 0 aromatic carbocycles. The van der Waals surface area contributed by atoms with Crippen LogP contribution in [-0.4, -0.2) is 96.1 Å². The lowest BCUT2D eigenvalue weighted by molar-refractivity contribution is 0.138. The van der Waals surface area contributed by atoms with Crippen molar-refractivity contribution in [1.29, 1.82) is 0 Å². The van der Waals surface area contributed by atoms with E-state index in [1.165, 1.54) is 117 Å². The molecule has 4 saturated heterocycles. The summed E-state index contributed by atoms with van der Waals surface area (Å²) >= 11 is 0. The maximum atomic E-state index is 2.59. The molecule has 0 N–H and O–H groups in total. The zero-order valence-corrected chi connectivity index (χ0v) is 24.8. The van der Waals surface area contributed by atoms with Gasteiger partial charge in [-0.2, -0.15) is 0 Å². The Bertz CT molecular complexity index is 439. The molecule has 4 aliphatic rings. The van der Waals surface area contributed by atoms with Crippen molar-refractivity contribution < 1.29 is 0 Å². The van der Waals surface area contributed by atoms with E-state index < -0.39 is 0 Å². The van der Waals surface area contributed by atoms with Crippen molar-refractivity contribution in [2.45, 2.75) is 144 Å². The number of nitrogens with zero attached hydrogens (tertiary/aromatic N) is 4. The lowest BCUT2D eigenvalue weighted by Gasteiger charge is -2.34. The summed E-state index contributed by atoms with van der Waals surface area (Å²) in [4.78, 5) is 10.1. The Hall–Kier alpha value is -0.160. The van der Waals surface area contributed by atoms with Gasteiger partial charge in [0.15, 0.2) is 0 Å². The van der Waals surface area contributed by atoms with Gasteiger partial charge < -0.3 is 19.6 Å². The Morgan fingerprint density at radius 2 is 0.441 bits per heavy atom. The summed E-state index contributed by atoms with van der Waals surface area (Å²) < 4.78 is 0. The zero-order valence-electron chi connectivity index (χ0n) is 24.8. The summed E-state index contributed by atoms with van der Waals surface area (Å²) in [6.45, 7) is 28.8. The van der Waals surface area contributed by atoms with Gasteiger partial charge in [0.25, 0.3) is 0 Å². The highest BCUT2D eigenvalue weighted by Gasteiger charge is 2.15. The molecule has 0 aromatic heterocycles. The van der Waals surface area contributed by atoms with Gasteiger partial charge in [-0.05, 0) is 153 Å². The van der Waals surface area contributed by atoms with Gasteiger partial charge in [0.1, 0.15) is 0 Å². The molecule has 0 aliphatic carbocycles. The summed E-state index contributed by atoms with van der Waals surface area (Å²) in [6, 6.07) is 3.09. The minimum atomic E-state index is 0.762. The molecule has 4 nitrogen and oxygen atoms in total. The van der Waals surface area contributed by atoms with Crippen molar-refractivity contribution in [1.82, 2.24) is 19.6 Å². The molecule has 4 heteroatoms. The molecule has 4 fully saturated rings. The van der Waals surface area contributed by atoms with Crippen molar-refractivity contribution in [2.75, 3.05) is 52.4 Å². The van der Waals surface area contributed by atoms with Crippen LogP contribution in [0.1, 0.15) is 120 Å². The molecule has 0 aromatic rings. The SMILES string of the molecule is CC(C)N1CCC1.CC(C)N1CCCC1.CC(C)N1CCCCC1.CC(C)N1CCCCCC1. The molecule has 0 unspecified atom stereocenters. The van der Waals surface area contributed by atoms with Crippen molar-refractivity contribution in [3.8, 4) is 0 Å². The van der Waals surface area contributed by atoms with Crippen LogP contribution in [0.25, 0.3) is 0 Å². The van der Waals surface area contributed by atoms with Crippen LogP contribution in [0.15, 0.2) is 0 Å². The third kappa shape index (κ3) is 14.4. The quantitative estimate of drug-likeness (QED) is 0.441. The van der Waals surface area contributed by atoms with E-state index in [1.54, 1.807) is 0 Å². The van der Waals surface area contributed by atoms with Gasteiger partial charge in [-0.15, -0.1) is 0 Å². The molecule has 4 heterocycles. The summed E-state index contributed by atoms with van der Waals surface area (Å²) in [5, 5.41) is 0. The van der Waals surface area contributed by atoms with Crippen molar-refractivity contribution >= 4 is 0 Å². The highest BCUT2D eigenvalue weighted by Crippen LogP contribution is 2.12. The fraction of sp³-hybridized carbons (Fsp3) is 1.00. The number of hydrogen-bond donors (Lipinski definition) is 0. The third-order valence-electron chi connectivity index (χ3n) is 7.98. The molecule has 204 valence electrons. The average molecular weight is 481 g/mol. The van der Waals surface area contributed by atoms with Gasteiger partial charge in [0, 0.05) is 24.2 Å². The summed E-state index contributed by atoms with van der Waals surface area (Å²) in [5.41, 5.74) is 0. The van der Waals surface area contributed by atoms with E-state index in [2.05, 4.69) is 75.0 Å². The van der Waals surface area contributed by atoms with Gasteiger partial charge in [0.2, 0.25) is 0 Å². The van der Waals surface area contributed by atoms with E-state index >= 15 is 0 Å². The highest BCUT2D eigenvalue weighted by molar-refractivity contribution is 4.71. The maximum Gasteiger partial charge on any atom is 0.00386 e. The first kappa shape index (κ1) is 31.9. The molecular formula is C30H64N4. The predicted octanol–water partition coefficient (Wildman–Crippen LogP) is 6.74. The topological polar surface area (TPSA) is 13.0 Å². The first-order valence-corrected chi connectivity index (χ1v) is 15.2. The van der Waals surface area contributed by atoms with Crippen LogP contribution in [0, 0.1) is 0 Å². The fourth-order valence-corrected chi connectivity index (χ4v) is 5.16. The number of likely N-dealkylation sites (tertiary alicyclic amines) is 4. The molecule has 0 radical (unpaired) electrons. The van der Waals surface area contributed by atoms with Crippen LogP contribution < -0.4 is 0 Å². The van der Waals surface area contributed by atoms with E-state index in [4.69, 9.17) is 0 Å². The van der Waals surface area contributed by atoms with E-state index in [0.717, 1.165) is 24.2 Å². The lowest BCUT2D eigenvalue weighted by atomic mass is 10.1. The minimum absolute atomic E-state index is 0.762. The Labute approximate surface area is 215 Å². The Morgan fingerprint density at radius 1 is 0.265 bits per heavy atom. The van der Waals surface area contributed by atoms with Gasteiger partial charge in [-0.25, -0.2) is 0 Å². The van der Waals surface area contributed by atoms with E-state index in [9.17, 15) is 0 Å². The molecule has 0 bridgehead atoms. The average Bonchev–Trinajstić information content (AvgIpc) is 3.17. The van der Waals surface area contributed by atoms with Crippen LogP contribution >= 0.6 is 0 Å². The van der Waals surface area contributed by atoms with E-state index in [1.807, 2.05) is 0 Å². The third-order valence-corrected chi connectivity index (χ3v) is 7.98. The van der Waals surface area contributed by atoms with E-state index in [0.29, 0.717) is 0 Å². The smallest absolute Gasteiger partial charge is 0.00386 e. The maximum absolute atomic E-state index is 2.59. The van der Waals surface area contributed by atoms with Gasteiger partial charge in [0.05, 0.1) is 0 Å². The molecule has 0 spiro atoms. The van der Waals surface area contributed by atoms with Crippen molar-refractivity contribution in [3.63, 3.8) is 0 Å². The monoisotopic (exact) mass is 481 g/mol. The number of hydrogen-bond acceptors (Lipinski definition) is 4. The molecule has 4 aliphatic heterocycles. The van der Waals surface area contributed by atoms with Gasteiger partial charge in [-0.3, -0.25) is 0 Å². The first-order chi connectivity index (χ1) is 16.2. The molecule has 0 saturated carbocycles. The normalized spacial score (nSPS) is 22.9. The molecule has 34 heavy (non-hydrogen) atoms. The first-order valence-electron chi connectivity index (χ1n) is 15.2. The van der Waals surface area contributed by atoms with Crippen LogP contribution in [0.2, 0.25) is 0 Å². The van der Waals surface area contributed by atoms with Crippen LogP contribution in [0.5, 0.6) is 0 Å². The Balaban J connectivity index is 0.000000228. The second-order valence-corrected chi connectivity index (χ2v) is 12.1. The molecule has 0 amide bonds. The molecule has 4 rings (SSSR count). The van der Waals surface area contributed by atoms with Gasteiger partial charge in [-0.1, -0.05) is 19.3 Å². The highest BCUT2D eigenvalue weighted by atomic mass is 15.2. The summed E-state index contributed by atoms with van der Waals surface area (Å²) in [6.07, 6.45) is 14.2. The van der Waals surface area contributed by atoms with Crippen LogP contribution in [-0.2, 0) is 0 Å². The number of piperidine rings is 1. The molecule has 0 atom stereocenters. The second-order valence-electron chi connectivity index (χ2n) is 12.1. The lowest BCUT2D eigenvalue weighted by Crippen LogP contribution is -2.41. The summed E-state index contributed by atoms with van der Waals surface area (Å²) in [5.74, 6) is 0. The number of rotatable bonds is 4. The fourth-order valence-electron chi connectivity index (χ4n) is 5.16. The Kier molecular flexibility index (Phi) is 17.8. The Morgan fingerprint density at radius 3 is 0.618 bits per heavy atom. The predicted molar refractivity (Wildman–Crippen MR) is 153 cm³/mol. The molecular weight excluding hydrogens is 416 g/mol. The minimum Gasteiger partial charge on any atom is -0.301 e. The van der Waals surface area contributed by atoms with Crippen LogP contribution in [0.3, 0.4) is 0 Å². The van der Waals surface area contributed by atoms with Crippen LogP contribution in [0.4, 0.5) is 0 Å². The standard InChI is InChI=1S/C9H19N.C8H17N.C7H15N.C6H13N/c1-9(2)10-7-5-3-4-6-8-10;1-8(2)9-6-4-3-5-7-9;1-7(2)8-5-3-4-6-8;1-6(2)7-4-3-5-7/h9H,3-8H2,1-2H3;8H,3-7H2,1-2H3;7H,3-6H2,1-2H3;6H,3-5H2,1-2H3. The zero-order chi connectivity index (χ0) is 25.3. The van der Waals surface area contributed by atoms with Crippen molar-refractivity contribution in [2.24, 2.45) is 0 Å². The van der Waals surface area contributed by atoms with Crippen molar-refractivity contribution in [3.05, 3.63) is 0 Å². The van der Waals surface area contributed by atoms with E-state index in [-0.39, 0.29) is 0 Å². The summed E-state index contributed by atoms with van der Waals surface area (Å²) in [7, 11) is 0.